The Morgan fingerprint density at radius 2 is 1.93 bits per heavy atom. The van der Waals surface area contributed by atoms with Crippen LogP contribution in [0, 0.1) is 12.8 Å². The smallest absolute Gasteiger partial charge is 0.341 e. The monoisotopic (exact) mass is 371 g/mol. The number of rotatable bonds is 4. The van der Waals surface area contributed by atoms with Crippen LogP contribution in [0.25, 0.3) is 10.9 Å². The van der Waals surface area contributed by atoms with Crippen LogP contribution in [-0.4, -0.2) is 35.5 Å². The lowest BCUT2D eigenvalue weighted by Gasteiger charge is -2.29. The summed E-state index contributed by atoms with van der Waals surface area (Å²) < 4.78 is 5.10. The molecule has 1 aromatic heterocycles. The summed E-state index contributed by atoms with van der Waals surface area (Å²) in [7, 11) is 0. The Bertz CT molecular complexity index is 858. The van der Waals surface area contributed by atoms with Gasteiger partial charge in [0.1, 0.15) is 0 Å². The maximum atomic E-state index is 12.4. The number of carbonyl (C=O) groups is 3. The number of esters is 1. The van der Waals surface area contributed by atoms with E-state index in [1.54, 1.807) is 6.92 Å². The SMILES string of the molecule is Cc1[nH]c2ccccc2c1C(=O)OCC(=O)NC(=O)NC1CCCCC1C. The zero-order valence-electron chi connectivity index (χ0n) is 15.6. The van der Waals surface area contributed by atoms with E-state index in [9.17, 15) is 14.4 Å². The number of imide groups is 1. The fourth-order valence-electron chi connectivity index (χ4n) is 3.64. The molecule has 27 heavy (non-hydrogen) atoms. The normalized spacial score (nSPS) is 19.5. The Morgan fingerprint density at radius 1 is 1.19 bits per heavy atom. The van der Waals surface area contributed by atoms with E-state index >= 15 is 0 Å². The standard InChI is InChI=1S/C20H25N3O4/c1-12-7-3-5-9-15(12)22-20(26)23-17(24)11-27-19(25)18-13(2)21-16-10-6-4-8-14(16)18/h4,6,8,10,12,15,21H,3,5,7,9,11H2,1-2H3,(H2,22,23,24,26). The van der Waals surface area contributed by atoms with Crippen molar-refractivity contribution in [1.82, 2.24) is 15.6 Å². The number of urea groups is 1. The molecule has 0 aliphatic heterocycles. The van der Waals surface area contributed by atoms with Crippen molar-refractivity contribution in [1.29, 1.82) is 0 Å². The molecule has 1 fully saturated rings. The van der Waals surface area contributed by atoms with Crippen LogP contribution in [0.4, 0.5) is 4.79 Å². The zero-order valence-corrected chi connectivity index (χ0v) is 15.6. The van der Waals surface area contributed by atoms with E-state index in [2.05, 4.69) is 22.5 Å². The first-order valence-electron chi connectivity index (χ1n) is 9.30. The Labute approximate surface area is 157 Å². The number of carbonyl (C=O) groups excluding carboxylic acids is 3. The lowest BCUT2D eigenvalue weighted by molar-refractivity contribution is -0.123. The number of fused-ring (bicyclic) bond motifs is 1. The van der Waals surface area contributed by atoms with Crippen LogP contribution >= 0.6 is 0 Å². The topological polar surface area (TPSA) is 100 Å². The molecule has 0 radical (unpaired) electrons. The van der Waals surface area contributed by atoms with E-state index in [1.165, 1.54) is 6.42 Å². The van der Waals surface area contributed by atoms with Crippen LogP contribution in [0.5, 0.6) is 0 Å². The van der Waals surface area contributed by atoms with E-state index in [0.717, 1.165) is 30.2 Å². The second-order valence-corrected chi connectivity index (χ2v) is 7.14. The van der Waals surface area contributed by atoms with Gasteiger partial charge in [0.15, 0.2) is 6.61 Å². The molecule has 1 aliphatic rings. The molecule has 7 nitrogen and oxygen atoms in total. The Balaban J connectivity index is 1.52. The Hall–Kier alpha value is -2.83. The number of ether oxygens (including phenoxy) is 1. The van der Waals surface area contributed by atoms with Crippen molar-refractivity contribution in [2.24, 2.45) is 5.92 Å². The van der Waals surface area contributed by atoms with Gasteiger partial charge in [0, 0.05) is 22.6 Å². The highest BCUT2D eigenvalue weighted by Gasteiger charge is 2.24. The fourth-order valence-corrected chi connectivity index (χ4v) is 3.64. The zero-order chi connectivity index (χ0) is 19.4. The summed E-state index contributed by atoms with van der Waals surface area (Å²) in [6.45, 7) is 3.36. The van der Waals surface area contributed by atoms with Crippen LogP contribution in [0.3, 0.4) is 0 Å². The summed E-state index contributed by atoms with van der Waals surface area (Å²) in [5.41, 5.74) is 1.90. The predicted molar refractivity (Wildman–Crippen MR) is 101 cm³/mol. The quantitative estimate of drug-likeness (QED) is 0.719. The van der Waals surface area contributed by atoms with Gasteiger partial charge in [-0.1, -0.05) is 38.0 Å². The van der Waals surface area contributed by atoms with Crippen LogP contribution in [-0.2, 0) is 9.53 Å². The van der Waals surface area contributed by atoms with Gasteiger partial charge in [-0.15, -0.1) is 0 Å². The van der Waals surface area contributed by atoms with Crippen molar-refractivity contribution in [3.05, 3.63) is 35.5 Å². The van der Waals surface area contributed by atoms with Gasteiger partial charge in [-0.25, -0.2) is 9.59 Å². The molecule has 3 N–H and O–H groups in total. The summed E-state index contributed by atoms with van der Waals surface area (Å²) in [5.74, 6) is -0.856. The Kier molecular flexibility index (Phi) is 5.78. The molecular formula is C20H25N3O4. The van der Waals surface area contributed by atoms with Gasteiger partial charge < -0.3 is 15.0 Å². The van der Waals surface area contributed by atoms with Gasteiger partial charge in [0.25, 0.3) is 5.91 Å². The van der Waals surface area contributed by atoms with E-state index in [4.69, 9.17) is 4.74 Å². The number of H-pyrrole nitrogens is 1. The molecule has 1 aromatic carbocycles. The van der Waals surface area contributed by atoms with Crippen LogP contribution in [0.15, 0.2) is 24.3 Å². The highest BCUT2D eigenvalue weighted by atomic mass is 16.5. The van der Waals surface area contributed by atoms with Gasteiger partial charge in [-0.3, -0.25) is 10.1 Å². The van der Waals surface area contributed by atoms with Gasteiger partial charge in [-0.05, 0) is 31.7 Å². The molecule has 1 aliphatic carbocycles. The lowest BCUT2D eigenvalue weighted by atomic mass is 9.86. The second kappa shape index (κ2) is 8.24. The van der Waals surface area contributed by atoms with Crippen molar-refractivity contribution < 1.29 is 19.1 Å². The molecule has 2 atom stereocenters. The minimum atomic E-state index is -0.651. The summed E-state index contributed by atoms with van der Waals surface area (Å²) in [6, 6.07) is 6.90. The minimum Gasteiger partial charge on any atom is -0.452 e. The molecule has 0 spiro atoms. The lowest BCUT2D eigenvalue weighted by Crippen LogP contribution is -2.48. The highest BCUT2D eigenvalue weighted by molar-refractivity contribution is 6.06. The maximum absolute atomic E-state index is 12.4. The molecule has 3 amide bonds. The van der Waals surface area contributed by atoms with E-state index < -0.39 is 24.5 Å². The molecule has 3 rings (SSSR count). The molecule has 0 bridgehead atoms. The number of aromatic amines is 1. The van der Waals surface area contributed by atoms with Gasteiger partial charge in [-0.2, -0.15) is 0 Å². The summed E-state index contributed by atoms with van der Waals surface area (Å²) >= 11 is 0. The first kappa shape index (κ1) is 18.9. The first-order valence-corrected chi connectivity index (χ1v) is 9.30. The van der Waals surface area contributed by atoms with Gasteiger partial charge >= 0.3 is 12.0 Å². The average Bonchev–Trinajstić information content (AvgIpc) is 2.97. The highest BCUT2D eigenvalue weighted by Crippen LogP contribution is 2.24. The van der Waals surface area contributed by atoms with E-state index in [-0.39, 0.29) is 6.04 Å². The van der Waals surface area contributed by atoms with Crippen molar-refractivity contribution in [2.45, 2.75) is 45.6 Å². The van der Waals surface area contributed by atoms with Gasteiger partial charge in [0.2, 0.25) is 0 Å². The molecule has 2 unspecified atom stereocenters. The Morgan fingerprint density at radius 3 is 2.70 bits per heavy atom. The summed E-state index contributed by atoms with van der Waals surface area (Å²) in [4.78, 5) is 39.4. The summed E-state index contributed by atoms with van der Waals surface area (Å²) in [5, 5.41) is 5.80. The molecule has 144 valence electrons. The van der Waals surface area contributed by atoms with Crippen LogP contribution in [0.1, 0.15) is 48.7 Å². The summed E-state index contributed by atoms with van der Waals surface area (Å²) in [6.07, 6.45) is 4.23. The fraction of sp³-hybridized carbons (Fsp3) is 0.450. The number of aromatic nitrogens is 1. The number of para-hydroxylation sites is 1. The molecule has 2 aromatic rings. The molecule has 1 saturated carbocycles. The second-order valence-electron chi connectivity index (χ2n) is 7.14. The molecule has 1 heterocycles. The van der Waals surface area contributed by atoms with Gasteiger partial charge in [0.05, 0.1) is 5.56 Å². The molecular weight excluding hydrogens is 346 g/mol. The third-order valence-electron chi connectivity index (χ3n) is 5.11. The van der Waals surface area contributed by atoms with E-state index in [0.29, 0.717) is 17.2 Å². The third-order valence-corrected chi connectivity index (χ3v) is 5.11. The number of hydrogen-bond acceptors (Lipinski definition) is 4. The molecule has 0 saturated heterocycles. The maximum Gasteiger partial charge on any atom is 0.341 e. The molecule has 7 heteroatoms. The number of aryl methyl sites for hydroxylation is 1. The number of amides is 3. The van der Waals surface area contributed by atoms with Crippen molar-refractivity contribution in [3.63, 3.8) is 0 Å². The van der Waals surface area contributed by atoms with E-state index in [1.807, 2.05) is 24.3 Å². The largest absolute Gasteiger partial charge is 0.452 e. The predicted octanol–water partition coefficient (Wildman–Crippen LogP) is 3.04. The van der Waals surface area contributed by atoms with Crippen LogP contribution < -0.4 is 10.6 Å². The number of hydrogen-bond donors (Lipinski definition) is 3. The van der Waals surface area contributed by atoms with Crippen molar-refractivity contribution in [3.8, 4) is 0 Å². The van der Waals surface area contributed by atoms with Crippen molar-refractivity contribution >= 4 is 28.8 Å². The number of benzene rings is 1. The number of nitrogens with one attached hydrogen (secondary N) is 3. The first-order chi connectivity index (χ1) is 13.0. The van der Waals surface area contributed by atoms with Crippen LogP contribution in [0.2, 0.25) is 0 Å². The van der Waals surface area contributed by atoms with Crippen molar-refractivity contribution in [2.75, 3.05) is 6.61 Å². The minimum absolute atomic E-state index is 0.0722. The average molecular weight is 371 g/mol. The third kappa shape index (κ3) is 4.48.